The molecule has 2 amide bonds. The number of carbonyl (C=O) groups is 2. The van der Waals surface area contributed by atoms with E-state index in [4.69, 9.17) is 0 Å². The highest BCUT2D eigenvalue weighted by Gasteiger charge is 2.27. The topological polar surface area (TPSA) is 108 Å². The lowest BCUT2D eigenvalue weighted by molar-refractivity contribution is 0.0786. The Morgan fingerprint density at radius 1 is 1.15 bits per heavy atom. The molecule has 2 N–H and O–H groups in total. The van der Waals surface area contributed by atoms with E-state index in [1.807, 2.05) is 0 Å². The predicted molar refractivity (Wildman–Crippen MR) is 94.2 cm³/mol. The zero-order chi connectivity index (χ0) is 18.1. The van der Waals surface area contributed by atoms with Crippen LogP contribution in [0.15, 0.2) is 29.2 Å². The average molecular weight is 353 g/mol. The Bertz CT molecular complexity index is 913. The standard InChI is InChI=1S/C18H19N5O3/c24-15-10-13(21-16(22-15)11-3-4-11)17(25)20-12-5-6-19-14(9-12)18(26)23-7-1-2-8-23/h5-6,9-11H,1-4,7-8H2,(H,19,20,25)(H,21,22,24). The second-order valence-corrected chi connectivity index (χ2v) is 6.67. The summed E-state index contributed by atoms with van der Waals surface area (Å²) in [6.07, 6.45) is 5.43. The van der Waals surface area contributed by atoms with Gasteiger partial charge in [0.05, 0.1) is 0 Å². The number of likely N-dealkylation sites (tertiary alicyclic amines) is 1. The van der Waals surface area contributed by atoms with E-state index < -0.39 is 5.91 Å². The van der Waals surface area contributed by atoms with Crippen molar-refractivity contribution in [2.45, 2.75) is 31.6 Å². The van der Waals surface area contributed by atoms with Gasteiger partial charge in [-0.05, 0) is 37.8 Å². The fourth-order valence-corrected chi connectivity index (χ4v) is 3.05. The van der Waals surface area contributed by atoms with Crippen molar-refractivity contribution in [3.63, 3.8) is 0 Å². The summed E-state index contributed by atoms with van der Waals surface area (Å²) in [5.41, 5.74) is 0.469. The summed E-state index contributed by atoms with van der Waals surface area (Å²) in [5.74, 6) is 0.177. The third-order valence-corrected chi connectivity index (χ3v) is 4.59. The van der Waals surface area contributed by atoms with Gasteiger partial charge in [-0.3, -0.25) is 19.4 Å². The first-order chi connectivity index (χ1) is 12.6. The van der Waals surface area contributed by atoms with Gasteiger partial charge in [-0.15, -0.1) is 0 Å². The van der Waals surface area contributed by atoms with Gasteiger partial charge in [-0.1, -0.05) is 0 Å². The van der Waals surface area contributed by atoms with Crippen LogP contribution >= 0.6 is 0 Å². The van der Waals surface area contributed by atoms with Crippen molar-refractivity contribution in [1.29, 1.82) is 0 Å². The highest BCUT2D eigenvalue weighted by molar-refractivity contribution is 6.03. The number of nitrogens with zero attached hydrogens (tertiary/aromatic N) is 3. The Hall–Kier alpha value is -3.03. The van der Waals surface area contributed by atoms with Gasteiger partial charge in [-0.25, -0.2) is 4.98 Å². The summed E-state index contributed by atoms with van der Waals surface area (Å²) in [5, 5.41) is 2.69. The number of aromatic amines is 1. The summed E-state index contributed by atoms with van der Waals surface area (Å²) >= 11 is 0. The number of nitrogens with one attached hydrogen (secondary N) is 2. The number of amides is 2. The lowest BCUT2D eigenvalue weighted by Crippen LogP contribution is -2.28. The van der Waals surface area contributed by atoms with Gasteiger partial charge in [0.15, 0.2) is 0 Å². The zero-order valence-electron chi connectivity index (χ0n) is 14.2. The third kappa shape index (κ3) is 3.49. The van der Waals surface area contributed by atoms with E-state index in [1.165, 1.54) is 12.3 Å². The first-order valence-corrected chi connectivity index (χ1v) is 8.78. The number of H-pyrrole nitrogens is 1. The van der Waals surface area contributed by atoms with Gasteiger partial charge >= 0.3 is 0 Å². The SMILES string of the molecule is O=C(Nc1ccnc(C(=O)N2CCCC2)c1)c1cc(=O)[nH]c(C2CC2)n1. The molecule has 0 atom stereocenters. The summed E-state index contributed by atoms with van der Waals surface area (Å²) in [7, 11) is 0. The van der Waals surface area contributed by atoms with Gasteiger partial charge in [0, 0.05) is 37.0 Å². The van der Waals surface area contributed by atoms with Crippen molar-refractivity contribution < 1.29 is 9.59 Å². The minimum absolute atomic E-state index is 0.0693. The molecule has 1 aliphatic heterocycles. The third-order valence-electron chi connectivity index (χ3n) is 4.59. The molecule has 0 aromatic carbocycles. The molecule has 0 unspecified atom stereocenters. The van der Waals surface area contributed by atoms with Gasteiger partial charge in [-0.2, -0.15) is 0 Å². The minimum atomic E-state index is -0.483. The van der Waals surface area contributed by atoms with E-state index in [2.05, 4.69) is 20.3 Å². The summed E-state index contributed by atoms with van der Waals surface area (Å²) in [6.45, 7) is 1.47. The zero-order valence-corrected chi connectivity index (χ0v) is 14.2. The number of hydrogen-bond acceptors (Lipinski definition) is 5. The second kappa shape index (κ2) is 6.70. The Morgan fingerprint density at radius 3 is 2.65 bits per heavy atom. The highest BCUT2D eigenvalue weighted by atomic mass is 16.2. The highest BCUT2D eigenvalue weighted by Crippen LogP contribution is 2.37. The van der Waals surface area contributed by atoms with Crippen molar-refractivity contribution in [2.75, 3.05) is 18.4 Å². The molecule has 134 valence electrons. The van der Waals surface area contributed by atoms with Crippen molar-refractivity contribution in [3.8, 4) is 0 Å². The fraction of sp³-hybridized carbons (Fsp3) is 0.389. The Morgan fingerprint density at radius 2 is 1.92 bits per heavy atom. The number of rotatable bonds is 4. The van der Waals surface area contributed by atoms with E-state index in [0.29, 0.717) is 17.2 Å². The lowest BCUT2D eigenvalue weighted by atomic mass is 10.2. The quantitative estimate of drug-likeness (QED) is 0.866. The smallest absolute Gasteiger partial charge is 0.274 e. The van der Waals surface area contributed by atoms with E-state index in [-0.39, 0.29) is 23.1 Å². The fourth-order valence-electron chi connectivity index (χ4n) is 3.05. The van der Waals surface area contributed by atoms with Crippen LogP contribution in [-0.2, 0) is 0 Å². The number of anilines is 1. The molecular formula is C18H19N5O3. The molecule has 0 bridgehead atoms. The summed E-state index contributed by atoms with van der Waals surface area (Å²) < 4.78 is 0. The van der Waals surface area contributed by atoms with Crippen LogP contribution in [0.5, 0.6) is 0 Å². The van der Waals surface area contributed by atoms with Gasteiger partial charge in [0.1, 0.15) is 17.2 Å². The molecule has 2 fully saturated rings. The maximum atomic E-state index is 12.5. The maximum absolute atomic E-state index is 12.5. The van der Waals surface area contributed by atoms with Crippen LogP contribution in [0.1, 0.15) is 58.4 Å². The van der Waals surface area contributed by atoms with Crippen LogP contribution in [0.3, 0.4) is 0 Å². The molecule has 2 aliphatic rings. The van der Waals surface area contributed by atoms with Crippen LogP contribution in [0.2, 0.25) is 0 Å². The van der Waals surface area contributed by atoms with Crippen molar-refractivity contribution in [2.24, 2.45) is 0 Å². The molecule has 2 aromatic rings. The number of aromatic nitrogens is 3. The number of carbonyl (C=O) groups excluding carboxylic acids is 2. The van der Waals surface area contributed by atoms with Crippen LogP contribution in [-0.4, -0.2) is 44.8 Å². The molecule has 3 heterocycles. The van der Waals surface area contributed by atoms with E-state index >= 15 is 0 Å². The molecule has 1 saturated heterocycles. The van der Waals surface area contributed by atoms with Crippen molar-refractivity contribution >= 4 is 17.5 Å². The summed E-state index contributed by atoms with van der Waals surface area (Å²) in [6, 6.07) is 4.33. The largest absolute Gasteiger partial charge is 0.337 e. The molecule has 8 heteroatoms. The molecule has 2 aromatic heterocycles. The minimum Gasteiger partial charge on any atom is -0.337 e. The van der Waals surface area contributed by atoms with Crippen molar-refractivity contribution in [3.05, 3.63) is 52.0 Å². The van der Waals surface area contributed by atoms with Crippen molar-refractivity contribution in [1.82, 2.24) is 19.9 Å². The Labute approximate surface area is 149 Å². The molecule has 4 rings (SSSR count). The maximum Gasteiger partial charge on any atom is 0.274 e. The molecule has 0 spiro atoms. The lowest BCUT2D eigenvalue weighted by Gasteiger charge is -2.15. The van der Waals surface area contributed by atoms with Gasteiger partial charge in [0.2, 0.25) is 0 Å². The number of hydrogen-bond donors (Lipinski definition) is 2. The predicted octanol–water partition coefficient (Wildman–Crippen LogP) is 1.53. The van der Waals surface area contributed by atoms with Crippen LogP contribution in [0.25, 0.3) is 0 Å². The Balaban J connectivity index is 1.52. The summed E-state index contributed by atoms with van der Waals surface area (Å²) in [4.78, 5) is 49.4. The molecule has 0 radical (unpaired) electrons. The van der Waals surface area contributed by atoms with E-state index in [1.54, 1.807) is 17.0 Å². The van der Waals surface area contributed by atoms with Gasteiger partial charge in [0.25, 0.3) is 17.4 Å². The average Bonchev–Trinajstić information content (AvgIpc) is 3.35. The molecule has 1 saturated carbocycles. The molecule has 26 heavy (non-hydrogen) atoms. The van der Waals surface area contributed by atoms with Crippen LogP contribution in [0, 0.1) is 0 Å². The van der Waals surface area contributed by atoms with Crippen LogP contribution in [0.4, 0.5) is 5.69 Å². The van der Waals surface area contributed by atoms with E-state index in [0.717, 1.165) is 38.8 Å². The molecule has 8 nitrogen and oxygen atoms in total. The molecular weight excluding hydrogens is 334 g/mol. The molecule has 1 aliphatic carbocycles. The first kappa shape index (κ1) is 16.4. The van der Waals surface area contributed by atoms with Crippen LogP contribution < -0.4 is 10.9 Å². The van der Waals surface area contributed by atoms with Gasteiger partial charge < -0.3 is 15.2 Å². The number of pyridine rings is 1. The Kier molecular flexibility index (Phi) is 4.24. The second-order valence-electron chi connectivity index (χ2n) is 6.67. The monoisotopic (exact) mass is 353 g/mol. The normalized spacial score (nSPS) is 16.5. The van der Waals surface area contributed by atoms with E-state index in [9.17, 15) is 14.4 Å². The first-order valence-electron chi connectivity index (χ1n) is 8.78.